The van der Waals surface area contributed by atoms with Crippen LogP contribution in [0, 0.1) is 11.8 Å². The van der Waals surface area contributed by atoms with Crippen LogP contribution >= 0.6 is 12.4 Å². The molecule has 1 amide bonds. The molecule has 0 aliphatic carbocycles. The Morgan fingerprint density at radius 2 is 1.87 bits per heavy atom. The minimum Gasteiger partial charge on any atom is -0.465 e. The Morgan fingerprint density at radius 1 is 1.26 bits per heavy atom. The first kappa shape index (κ1) is 19.5. The smallest absolute Gasteiger partial charge is 0.337 e. The van der Waals surface area contributed by atoms with E-state index in [0.29, 0.717) is 29.5 Å². The Balaban J connectivity index is 0.00000264. The van der Waals surface area contributed by atoms with Crippen molar-refractivity contribution in [3.63, 3.8) is 0 Å². The number of hydrogen-bond acceptors (Lipinski definition) is 4. The third-order valence-corrected chi connectivity index (χ3v) is 4.29. The molecule has 23 heavy (non-hydrogen) atoms. The molecule has 0 spiro atoms. The van der Waals surface area contributed by atoms with Crippen LogP contribution in [0.4, 0.5) is 5.69 Å². The number of methoxy groups -OCH3 is 1. The van der Waals surface area contributed by atoms with Crippen molar-refractivity contribution in [3.05, 3.63) is 29.8 Å². The summed E-state index contributed by atoms with van der Waals surface area (Å²) in [6.07, 6.45) is 2.81. The number of amides is 1. The van der Waals surface area contributed by atoms with Crippen LogP contribution in [0.5, 0.6) is 0 Å². The van der Waals surface area contributed by atoms with Crippen molar-refractivity contribution < 1.29 is 14.3 Å². The van der Waals surface area contributed by atoms with Gasteiger partial charge in [-0.1, -0.05) is 6.92 Å². The Kier molecular flexibility index (Phi) is 8.06. The van der Waals surface area contributed by atoms with Gasteiger partial charge in [0.25, 0.3) is 0 Å². The quantitative estimate of drug-likeness (QED) is 0.809. The minimum absolute atomic E-state index is 0. The van der Waals surface area contributed by atoms with E-state index in [1.807, 2.05) is 0 Å². The molecule has 128 valence electrons. The minimum atomic E-state index is -0.377. The van der Waals surface area contributed by atoms with Crippen molar-refractivity contribution in [1.29, 1.82) is 0 Å². The number of halogens is 1. The molecule has 1 atom stereocenters. The molecule has 6 heteroatoms. The van der Waals surface area contributed by atoms with Gasteiger partial charge in [0, 0.05) is 12.1 Å². The molecule has 0 aromatic heterocycles. The summed E-state index contributed by atoms with van der Waals surface area (Å²) in [5.41, 5.74) is 1.18. The monoisotopic (exact) mass is 340 g/mol. The van der Waals surface area contributed by atoms with Crippen molar-refractivity contribution in [1.82, 2.24) is 5.32 Å². The predicted octanol–water partition coefficient (Wildman–Crippen LogP) is 2.86. The second kappa shape index (κ2) is 9.53. The van der Waals surface area contributed by atoms with Crippen LogP contribution in [-0.4, -0.2) is 32.1 Å². The zero-order valence-corrected chi connectivity index (χ0v) is 14.4. The number of carbonyl (C=O) groups excluding carboxylic acids is 2. The van der Waals surface area contributed by atoms with E-state index in [-0.39, 0.29) is 24.3 Å². The molecule has 1 saturated heterocycles. The topological polar surface area (TPSA) is 67.4 Å². The second-order valence-corrected chi connectivity index (χ2v) is 5.89. The van der Waals surface area contributed by atoms with Crippen LogP contribution in [0.25, 0.3) is 0 Å². The van der Waals surface area contributed by atoms with Crippen molar-refractivity contribution in [2.45, 2.75) is 26.2 Å². The van der Waals surface area contributed by atoms with Gasteiger partial charge in [-0.15, -0.1) is 12.4 Å². The molecule has 0 saturated carbocycles. The zero-order valence-electron chi connectivity index (χ0n) is 13.6. The molecule has 2 N–H and O–H groups in total. The highest BCUT2D eigenvalue weighted by molar-refractivity contribution is 5.93. The average molecular weight is 341 g/mol. The molecule has 1 heterocycles. The van der Waals surface area contributed by atoms with Gasteiger partial charge in [-0.25, -0.2) is 4.79 Å². The van der Waals surface area contributed by atoms with Gasteiger partial charge in [0.15, 0.2) is 0 Å². The molecule has 1 aromatic rings. The van der Waals surface area contributed by atoms with E-state index in [0.717, 1.165) is 25.9 Å². The summed E-state index contributed by atoms with van der Waals surface area (Å²) in [4.78, 5) is 23.5. The number of benzene rings is 1. The second-order valence-electron chi connectivity index (χ2n) is 5.89. The van der Waals surface area contributed by atoms with Crippen molar-refractivity contribution >= 4 is 30.0 Å². The van der Waals surface area contributed by atoms with E-state index in [1.54, 1.807) is 24.3 Å². The molecule has 1 unspecified atom stereocenters. The largest absolute Gasteiger partial charge is 0.465 e. The lowest BCUT2D eigenvalue weighted by molar-refractivity contribution is -0.117. The average Bonchev–Trinajstić information content (AvgIpc) is 2.55. The predicted molar refractivity (Wildman–Crippen MR) is 93.0 cm³/mol. The lowest BCUT2D eigenvalue weighted by Crippen LogP contribution is -2.32. The first-order chi connectivity index (χ1) is 10.6. The maximum absolute atomic E-state index is 12.1. The molecule has 0 radical (unpaired) electrons. The summed E-state index contributed by atoms with van der Waals surface area (Å²) >= 11 is 0. The lowest BCUT2D eigenvalue weighted by Gasteiger charge is -2.27. The summed E-state index contributed by atoms with van der Waals surface area (Å²) < 4.78 is 4.65. The number of ether oxygens (including phenoxy) is 1. The van der Waals surface area contributed by atoms with Gasteiger partial charge in [0.05, 0.1) is 12.7 Å². The van der Waals surface area contributed by atoms with Crippen molar-refractivity contribution in [3.8, 4) is 0 Å². The van der Waals surface area contributed by atoms with Gasteiger partial charge in [-0.2, -0.15) is 0 Å². The molecule has 1 aliphatic heterocycles. The Hall–Kier alpha value is -1.59. The van der Waals surface area contributed by atoms with Crippen LogP contribution < -0.4 is 10.6 Å². The molecule has 1 fully saturated rings. The standard InChI is InChI=1S/C17H24N2O3.ClH/c1-12(13-7-9-18-10-8-13)11-16(20)19-15-5-3-14(4-6-15)17(21)22-2;/h3-6,12-13,18H,7-11H2,1-2H3,(H,19,20);1H. The third-order valence-electron chi connectivity index (χ3n) is 4.29. The van der Waals surface area contributed by atoms with E-state index in [9.17, 15) is 9.59 Å². The number of nitrogens with one attached hydrogen (secondary N) is 2. The Bertz CT molecular complexity index is 513. The molecule has 1 aromatic carbocycles. The van der Waals surface area contributed by atoms with Gasteiger partial charge in [0.1, 0.15) is 0 Å². The van der Waals surface area contributed by atoms with Crippen LogP contribution in [0.15, 0.2) is 24.3 Å². The highest BCUT2D eigenvalue weighted by Gasteiger charge is 2.22. The number of carbonyl (C=O) groups is 2. The summed E-state index contributed by atoms with van der Waals surface area (Å²) in [6.45, 7) is 4.24. The number of anilines is 1. The maximum atomic E-state index is 12.1. The van der Waals surface area contributed by atoms with E-state index >= 15 is 0 Å². The molecule has 2 rings (SSSR count). The number of hydrogen-bond donors (Lipinski definition) is 2. The van der Waals surface area contributed by atoms with Gasteiger partial charge in [-0.05, 0) is 62.0 Å². The van der Waals surface area contributed by atoms with Gasteiger partial charge < -0.3 is 15.4 Å². The van der Waals surface area contributed by atoms with Gasteiger partial charge in [-0.3, -0.25) is 4.79 Å². The number of piperidine rings is 1. The highest BCUT2D eigenvalue weighted by Crippen LogP contribution is 2.24. The van der Waals surface area contributed by atoms with E-state index < -0.39 is 0 Å². The van der Waals surface area contributed by atoms with Crippen LogP contribution in [0.1, 0.15) is 36.5 Å². The fourth-order valence-corrected chi connectivity index (χ4v) is 2.89. The Labute approximate surface area is 143 Å². The van der Waals surface area contributed by atoms with Gasteiger partial charge >= 0.3 is 5.97 Å². The first-order valence-electron chi connectivity index (χ1n) is 7.79. The SMILES string of the molecule is COC(=O)c1ccc(NC(=O)CC(C)C2CCNCC2)cc1.Cl. The molecular weight excluding hydrogens is 316 g/mol. The normalized spacial score (nSPS) is 16.1. The Morgan fingerprint density at radius 3 is 2.43 bits per heavy atom. The third kappa shape index (κ3) is 5.84. The van der Waals surface area contributed by atoms with Crippen LogP contribution in [0.2, 0.25) is 0 Å². The van der Waals surface area contributed by atoms with Crippen molar-refractivity contribution in [2.24, 2.45) is 11.8 Å². The van der Waals surface area contributed by atoms with Crippen LogP contribution in [-0.2, 0) is 9.53 Å². The zero-order chi connectivity index (χ0) is 15.9. The fourth-order valence-electron chi connectivity index (χ4n) is 2.89. The molecular formula is C17H25ClN2O3. The summed E-state index contributed by atoms with van der Waals surface area (Å²) in [6, 6.07) is 6.74. The maximum Gasteiger partial charge on any atom is 0.337 e. The number of rotatable bonds is 5. The summed E-state index contributed by atoms with van der Waals surface area (Å²) in [5.74, 6) is 0.652. The fraction of sp³-hybridized carbons (Fsp3) is 0.529. The van der Waals surface area contributed by atoms with Gasteiger partial charge in [0.2, 0.25) is 5.91 Å². The molecule has 0 bridgehead atoms. The summed E-state index contributed by atoms with van der Waals surface area (Å²) in [7, 11) is 1.35. The van der Waals surface area contributed by atoms with E-state index in [2.05, 4.69) is 22.3 Å². The molecule has 5 nitrogen and oxygen atoms in total. The van der Waals surface area contributed by atoms with E-state index in [1.165, 1.54) is 7.11 Å². The summed E-state index contributed by atoms with van der Waals surface area (Å²) in [5, 5.41) is 6.23. The van der Waals surface area contributed by atoms with Crippen molar-refractivity contribution in [2.75, 3.05) is 25.5 Å². The lowest BCUT2D eigenvalue weighted by atomic mass is 9.84. The van der Waals surface area contributed by atoms with Crippen LogP contribution in [0.3, 0.4) is 0 Å². The number of esters is 1. The van der Waals surface area contributed by atoms with E-state index in [4.69, 9.17) is 0 Å². The molecule has 1 aliphatic rings. The highest BCUT2D eigenvalue weighted by atomic mass is 35.5. The first-order valence-corrected chi connectivity index (χ1v) is 7.79.